The second-order valence-corrected chi connectivity index (χ2v) is 2.98. The van der Waals surface area contributed by atoms with E-state index < -0.39 is 0 Å². The summed E-state index contributed by atoms with van der Waals surface area (Å²) in [7, 11) is 0. The van der Waals surface area contributed by atoms with E-state index in [0.29, 0.717) is 0 Å². The first-order valence-corrected chi connectivity index (χ1v) is 5.70. The quantitative estimate of drug-likeness (QED) is 0.650. The molecule has 0 aliphatic heterocycles. The summed E-state index contributed by atoms with van der Waals surface area (Å²) in [5.74, 6) is 0. The van der Waals surface area contributed by atoms with Gasteiger partial charge in [0.25, 0.3) is 0 Å². The Bertz CT molecular complexity index is 319. The van der Waals surface area contributed by atoms with Crippen molar-refractivity contribution in [3.05, 3.63) is 47.5 Å². The molecule has 0 aliphatic carbocycles. The average Bonchev–Trinajstić information content (AvgIpc) is 2.32. The van der Waals surface area contributed by atoms with Gasteiger partial charge in [-0.15, -0.1) is 0 Å². The van der Waals surface area contributed by atoms with Crippen LogP contribution in [0.4, 0.5) is 0 Å². The summed E-state index contributed by atoms with van der Waals surface area (Å²) in [6.45, 7) is 12.0. The van der Waals surface area contributed by atoms with E-state index in [1.54, 1.807) is 0 Å². The highest BCUT2D eigenvalue weighted by atomic mass is 14.0. The molecule has 0 spiro atoms. The molecule has 15 heavy (non-hydrogen) atoms. The molecule has 0 saturated heterocycles. The van der Waals surface area contributed by atoms with Crippen molar-refractivity contribution in [1.29, 1.82) is 0 Å². The zero-order chi connectivity index (χ0) is 11.7. The Morgan fingerprint density at radius 3 is 2.40 bits per heavy atom. The second-order valence-electron chi connectivity index (χ2n) is 2.98. The van der Waals surface area contributed by atoms with Gasteiger partial charge in [0.15, 0.2) is 0 Å². The van der Waals surface area contributed by atoms with E-state index in [1.165, 1.54) is 16.7 Å². The van der Waals surface area contributed by atoms with E-state index >= 15 is 0 Å². The molecule has 0 heteroatoms. The van der Waals surface area contributed by atoms with Crippen LogP contribution in [0.25, 0.3) is 12.2 Å². The Kier molecular flexibility index (Phi) is 7.35. The Labute approximate surface area is 94.3 Å². The lowest BCUT2D eigenvalue weighted by molar-refractivity contribution is 1.13. The molecular formula is C15H22. The molecule has 0 saturated carbocycles. The topological polar surface area (TPSA) is 0 Å². The Hall–Kier alpha value is -1.30. The first-order valence-electron chi connectivity index (χ1n) is 5.70. The van der Waals surface area contributed by atoms with Crippen LogP contribution in [0.2, 0.25) is 0 Å². The number of hydrogen-bond donors (Lipinski definition) is 0. The van der Waals surface area contributed by atoms with Gasteiger partial charge >= 0.3 is 0 Å². The minimum absolute atomic E-state index is 1.07. The lowest BCUT2D eigenvalue weighted by Crippen LogP contribution is -1.89. The van der Waals surface area contributed by atoms with E-state index in [2.05, 4.69) is 43.9 Å². The highest BCUT2D eigenvalue weighted by molar-refractivity contribution is 5.67. The van der Waals surface area contributed by atoms with Crippen LogP contribution >= 0.6 is 0 Å². The van der Waals surface area contributed by atoms with Crippen LogP contribution in [-0.4, -0.2) is 0 Å². The average molecular weight is 202 g/mol. The van der Waals surface area contributed by atoms with Crippen molar-refractivity contribution in [2.75, 3.05) is 0 Å². The fourth-order valence-electron chi connectivity index (χ4n) is 1.49. The van der Waals surface area contributed by atoms with Crippen LogP contribution in [0.5, 0.6) is 0 Å². The standard InChI is InChI=1S/C13H16.C2H6/c1-4-8-13-11(5-2)9-7-10-12(13)6-3;1-2/h4-5,7-10H,2,6H2,1,3H3;1-2H3/b8-4-;. The van der Waals surface area contributed by atoms with Crippen molar-refractivity contribution < 1.29 is 0 Å². The number of allylic oxidation sites excluding steroid dienone is 1. The molecule has 82 valence electrons. The molecule has 1 aromatic rings. The fourth-order valence-corrected chi connectivity index (χ4v) is 1.49. The summed E-state index contributed by atoms with van der Waals surface area (Å²) in [6.07, 6.45) is 7.20. The van der Waals surface area contributed by atoms with E-state index in [0.717, 1.165) is 6.42 Å². The predicted octanol–water partition coefficient (Wildman–Crippen LogP) is 4.95. The van der Waals surface area contributed by atoms with E-state index in [1.807, 2.05) is 26.8 Å². The zero-order valence-electron chi connectivity index (χ0n) is 10.4. The van der Waals surface area contributed by atoms with Crippen LogP contribution in [0.3, 0.4) is 0 Å². The van der Waals surface area contributed by atoms with Gasteiger partial charge in [0.1, 0.15) is 0 Å². The van der Waals surface area contributed by atoms with E-state index in [9.17, 15) is 0 Å². The molecule has 0 nitrogen and oxygen atoms in total. The molecule has 0 radical (unpaired) electrons. The Morgan fingerprint density at radius 1 is 1.27 bits per heavy atom. The monoisotopic (exact) mass is 202 g/mol. The molecule has 0 bridgehead atoms. The van der Waals surface area contributed by atoms with Gasteiger partial charge in [0.05, 0.1) is 0 Å². The number of rotatable bonds is 3. The van der Waals surface area contributed by atoms with Crippen LogP contribution in [0.1, 0.15) is 44.4 Å². The molecule has 0 amide bonds. The third-order valence-corrected chi connectivity index (χ3v) is 2.16. The third kappa shape index (κ3) is 3.75. The molecule has 0 fully saturated rings. The largest absolute Gasteiger partial charge is 0.0984 e. The highest BCUT2D eigenvalue weighted by Gasteiger charge is 2.00. The summed E-state index contributed by atoms with van der Waals surface area (Å²) < 4.78 is 0. The minimum Gasteiger partial charge on any atom is -0.0984 e. The van der Waals surface area contributed by atoms with Gasteiger partial charge in [-0.25, -0.2) is 0 Å². The van der Waals surface area contributed by atoms with Crippen LogP contribution in [0, 0.1) is 0 Å². The SMILES string of the molecule is C=Cc1cccc(CC)c1/C=C\C.CC. The van der Waals surface area contributed by atoms with Crippen molar-refractivity contribution in [3.63, 3.8) is 0 Å². The minimum atomic E-state index is 1.07. The van der Waals surface area contributed by atoms with Crippen molar-refractivity contribution in [2.45, 2.75) is 34.1 Å². The number of benzene rings is 1. The first kappa shape index (κ1) is 13.7. The summed E-state index contributed by atoms with van der Waals surface area (Å²) >= 11 is 0. The zero-order valence-corrected chi connectivity index (χ0v) is 10.4. The van der Waals surface area contributed by atoms with E-state index in [4.69, 9.17) is 0 Å². The molecule has 1 aromatic carbocycles. The predicted molar refractivity (Wildman–Crippen MR) is 72.0 cm³/mol. The molecular weight excluding hydrogens is 180 g/mol. The van der Waals surface area contributed by atoms with Crippen LogP contribution in [0.15, 0.2) is 30.9 Å². The van der Waals surface area contributed by atoms with E-state index in [-0.39, 0.29) is 0 Å². The second kappa shape index (κ2) is 8.05. The number of hydrogen-bond acceptors (Lipinski definition) is 0. The summed E-state index contributed by atoms with van der Waals surface area (Å²) in [4.78, 5) is 0. The van der Waals surface area contributed by atoms with Gasteiger partial charge < -0.3 is 0 Å². The third-order valence-electron chi connectivity index (χ3n) is 2.16. The molecule has 0 aromatic heterocycles. The molecule has 0 unspecified atom stereocenters. The van der Waals surface area contributed by atoms with Gasteiger partial charge in [-0.1, -0.05) is 63.8 Å². The lowest BCUT2D eigenvalue weighted by Gasteiger charge is -2.06. The van der Waals surface area contributed by atoms with Gasteiger partial charge in [0, 0.05) is 0 Å². The van der Waals surface area contributed by atoms with Crippen molar-refractivity contribution in [2.24, 2.45) is 0 Å². The molecule has 0 heterocycles. The maximum absolute atomic E-state index is 3.82. The number of aryl methyl sites for hydroxylation is 1. The van der Waals surface area contributed by atoms with Crippen molar-refractivity contribution in [1.82, 2.24) is 0 Å². The van der Waals surface area contributed by atoms with Crippen LogP contribution in [-0.2, 0) is 6.42 Å². The van der Waals surface area contributed by atoms with Gasteiger partial charge in [-0.05, 0) is 30.0 Å². The molecule has 0 atom stereocenters. The Morgan fingerprint density at radius 2 is 1.93 bits per heavy atom. The van der Waals surface area contributed by atoms with Crippen LogP contribution < -0.4 is 0 Å². The summed E-state index contributed by atoms with van der Waals surface area (Å²) in [5, 5.41) is 0. The van der Waals surface area contributed by atoms with Gasteiger partial charge in [0.2, 0.25) is 0 Å². The summed E-state index contributed by atoms with van der Waals surface area (Å²) in [5.41, 5.74) is 3.91. The lowest BCUT2D eigenvalue weighted by atomic mass is 9.99. The van der Waals surface area contributed by atoms with Gasteiger partial charge in [-0.2, -0.15) is 0 Å². The normalized spacial score (nSPS) is 9.60. The van der Waals surface area contributed by atoms with Gasteiger partial charge in [-0.3, -0.25) is 0 Å². The molecule has 1 rings (SSSR count). The maximum atomic E-state index is 3.82. The fraction of sp³-hybridized carbons (Fsp3) is 0.333. The highest BCUT2D eigenvalue weighted by Crippen LogP contribution is 2.18. The summed E-state index contributed by atoms with van der Waals surface area (Å²) in [6, 6.07) is 6.35. The molecule has 0 aliphatic rings. The maximum Gasteiger partial charge on any atom is -0.0156 e. The first-order chi connectivity index (χ1) is 7.33. The smallest absolute Gasteiger partial charge is 0.0156 e. The Balaban J connectivity index is 0.000000921. The molecule has 0 N–H and O–H groups in total. The van der Waals surface area contributed by atoms with Crippen molar-refractivity contribution >= 4 is 12.2 Å². The van der Waals surface area contributed by atoms with Crippen molar-refractivity contribution in [3.8, 4) is 0 Å².